The third-order valence-corrected chi connectivity index (χ3v) is 9.17. The maximum absolute atomic E-state index is 13.5. The van der Waals surface area contributed by atoms with Crippen molar-refractivity contribution in [2.45, 2.75) is 17.4 Å². The van der Waals surface area contributed by atoms with Gasteiger partial charge in [-0.25, -0.2) is 13.2 Å². The van der Waals surface area contributed by atoms with Crippen LogP contribution >= 0.6 is 34.0 Å². The highest BCUT2D eigenvalue weighted by Crippen LogP contribution is 2.42. The van der Waals surface area contributed by atoms with Crippen molar-refractivity contribution in [2.24, 2.45) is 0 Å². The van der Waals surface area contributed by atoms with Crippen molar-refractivity contribution < 1.29 is 17.9 Å². The SMILES string of the molecule is COC(=O)c1sccc1S(=O)(=O)N1CCc2sccc2C1c1cccs1. The summed E-state index contributed by atoms with van der Waals surface area (Å²) < 4.78 is 33.2. The van der Waals surface area contributed by atoms with E-state index in [1.54, 1.807) is 16.7 Å². The molecule has 0 N–H and O–H groups in total. The van der Waals surface area contributed by atoms with E-state index in [0.29, 0.717) is 13.0 Å². The molecule has 0 radical (unpaired) electrons. The zero-order valence-electron chi connectivity index (χ0n) is 13.7. The monoisotopic (exact) mass is 425 g/mol. The quantitative estimate of drug-likeness (QED) is 0.593. The number of rotatable bonds is 4. The Bertz CT molecular complexity index is 1030. The van der Waals surface area contributed by atoms with Crippen molar-refractivity contribution in [3.63, 3.8) is 0 Å². The van der Waals surface area contributed by atoms with Gasteiger partial charge in [0.2, 0.25) is 10.0 Å². The van der Waals surface area contributed by atoms with Gasteiger partial charge < -0.3 is 4.74 Å². The Kier molecular flexibility index (Phi) is 4.74. The second-order valence-electron chi connectivity index (χ2n) is 5.69. The summed E-state index contributed by atoms with van der Waals surface area (Å²) in [6, 6.07) is 7.01. The Morgan fingerprint density at radius 2 is 1.96 bits per heavy atom. The second-order valence-corrected chi connectivity index (χ2v) is 10.4. The minimum absolute atomic E-state index is 0.0228. The van der Waals surface area contributed by atoms with Crippen molar-refractivity contribution in [3.8, 4) is 0 Å². The van der Waals surface area contributed by atoms with Gasteiger partial charge in [0, 0.05) is 16.3 Å². The first kappa shape index (κ1) is 17.9. The molecule has 0 aliphatic carbocycles. The molecule has 0 saturated heterocycles. The predicted molar refractivity (Wildman–Crippen MR) is 104 cm³/mol. The summed E-state index contributed by atoms with van der Waals surface area (Å²) in [7, 11) is -2.59. The molecule has 5 nitrogen and oxygen atoms in total. The van der Waals surface area contributed by atoms with E-state index >= 15 is 0 Å². The standard InChI is InChI=1S/C17H15NO4S4/c1-22-17(19)16-14(6-10-25-16)26(20,21)18-7-4-12-11(5-9-24-12)15(18)13-3-2-8-23-13/h2-3,5-6,8-10,15H,4,7H2,1H3. The molecule has 136 valence electrons. The molecular weight excluding hydrogens is 410 g/mol. The van der Waals surface area contributed by atoms with Crippen LogP contribution in [0.15, 0.2) is 45.3 Å². The highest BCUT2D eigenvalue weighted by Gasteiger charge is 2.40. The van der Waals surface area contributed by atoms with Gasteiger partial charge in [0.05, 0.1) is 13.2 Å². The van der Waals surface area contributed by atoms with Gasteiger partial charge in [-0.1, -0.05) is 6.07 Å². The average molecular weight is 426 g/mol. The fourth-order valence-corrected chi connectivity index (χ4v) is 7.88. The lowest BCUT2D eigenvalue weighted by atomic mass is 10.0. The molecule has 0 aromatic carbocycles. The minimum Gasteiger partial charge on any atom is -0.465 e. The van der Waals surface area contributed by atoms with E-state index in [1.807, 2.05) is 29.0 Å². The van der Waals surface area contributed by atoms with Gasteiger partial charge in [0.15, 0.2) is 0 Å². The van der Waals surface area contributed by atoms with Crippen LogP contribution in [0, 0.1) is 0 Å². The number of hydrogen-bond acceptors (Lipinski definition) is 7. The number of methoxy groups -OCH3 is 1. The molecule has 9 heteroatoms. The van der Waals surface area contributed by atoms with E-state index in [1.165, 1.54) is 33.7 Å². The number of ether oxygens (including phenoxy) is 1. The number of nitrogens with zero attached hydrogens (tertiary/aromatic N) is 1. The normalized spacial score (nSPS) is 17.8. The first-order valence-corrected chi connectivity index (χ1v) is 11.9. The Hall–Kier alpha value is -1.52. The van der Waals surface area contributed by atoms with Crippen LogP contribution in [0.3, 0.4) is 0 Å². The van der Waals surface area contributed by atoms with Gasteiger partial charge in [0.1, 0.15) is 9.77 Å². The largest absolute Gasteiger partial charge is 0.465 e. The maximum Gasteiger partial charge on any atom is 0.349 e. The van der Waals surface area contributed by atoms with Gasteiger partial charge in [-0.3, -0.25) is 0 Å². The molecular formula is C17H15NO4S4. The van der Waals surface area contributed by atoms with Crippen LogP contribution in [-0.4, -0.2) is 32.3 Å². The number of carbonyl (C=O) groups is 1. The van der Waals surface area contributed by atoms with Crippen molar-refractivity contribution in [3.05, 3.63) is 60.6 Å². The van der Waals surface area contributed by atoms with Crippen LogP contribution in [0.1, 0.15) is 31.0 Å². The van der Waals surface area contributed by atoms with Crippen molar-refractivity contribution in [2.75, 3.05) is 13.7 Å². The Morgan fingerprint density at radius 3 is 2.69 bits per heavy atom. The van der Waals surface area contributed by atoms with Crippen LogP contribution in [0.5, 0.6) is 0 Å². The average Bonchev–Trinajstić information content (AvgIpc) is 3.40. The van der Waals surface area contributed by atoms with Crippen LogP contribution in [-0.2, 0) is 21.2 Å². The molecule has 1 unspecified atom stereocenters. The predicted octanol–water partition coefficient (Wildman–Crippen LogP) is 3.99. The topological polar surface area (TPSA) is 63.7 Å². The fourth-order valence-electron chi connectivity index (χ4n) is 3.16. The van der Waals surface area contributed by atoms with Crippen molar-refractivity contribution in [1.29, 1.82) is 0 Å². The summed E-state index contributed by atoms with van der Waals surface area (Å²) in [6.07, 6.45) is 0.672. The van der Waals surface area contributed by atoms with E-state index in [9.17, 15) is 13.2 Å². The molecule has 3 aromatic heterocycles. The molecule has 4 heterocycles. The molecule has 0 amide bonds. The second kappa shape index (κ2) is 6.90. The lowest BCUT2D eigenvalue weighted by Gasteiger charge is -2.34. The summed E-state index contributed by atoms with van der Waals surface area (Å²) in [5.74, 6) is -0.625. The highest BCUT2D eigenvalue weighted by molar-refractivity contribution is 7.89. The number of sulfonamides is 1. The maximum atomic E-state index is 13.5. The van der Waals surface area contributed by atoms with Gasteiger partial charge in [-0.15, -0.1) is 34.0 Å². The Morgan fingerprint density at radius 1 is 1.15 bits per heavy atom. The van der Waals surface area contributed by atoms with Gasteiger partial charge in [-0.05, 0) is 46.3 Å². The zero-order valence-corrected chi connectivity index (χ0v) is 17.0. The summed E-state index contributed by atoms with van der Waals surface area (Å²) in [6.45, 7) is 0.384. The summed E-state index contributed by atoms with van der Waals surface area (Å²) in [5.41, 5.74) is 1.03. The Labute approximate surface area is 163 Å². The van der Waals surface area contributed by atoms with Gasteiger partial charge >= 0.3 is 5.97 Å². The smallest absolute Gasteiger partial charge is 0.349 e. The number of thiophene rings is 3. The number of carbonyl (C=O) groups excluding carboxylic acids is 1. The molecule has 0 saturated carbocycles. The fraction of sp³-hybridized carbons (Fsp3) is 0.235. The van der Waals surface area contributed by atoms with E-state index < -0.39 is 16.0 Å². The van der Waals surface area contributed by atoms with E-state index in [2.05, 4.69) is 0 Å². The Balaban J connectivity index is 1.84. The summed E-state index contributed by atoms with van der Waals surface area (Å²) in [5, 5.41) is 5.57. The third kappa shape index (κ3) is 2.84. The highest BCUT2D eigenvalue weighted by atomic mass is 32.2. The molecule has 1 atom stereocenters. The van der Waals surface area contributed by atoms with E-state index in [4.69, 9.17) is 4.74 Å². The molecule has 4 rings (SSSR count). The van der Waals surface area contributed by atoms with E-state index in [0.717, 1.165) is 21.8 Å². The lowest BCUT2D eigenvalue weighted by molar-refractivity contribution is 0.0602. The molecule has 26 heavy (non-hydrogen) atoms. The van der Waals surface area contributed by atoms with Crippen LogP contribution < -0.4 is 0 Å². The molecule has 0 bridgehead atoms. The van der Waals surface area contributed by atoms with E-state index in [-0.39, 0.29) is 15.8 Å². The number of hydrogen-bond donors (Lipinski definition) is 0. The first-order valence-electron chi connectivity index (χ1n) is 7.81. The number of fused-ring (bicyclic) bond motifs is 1. The van der Waals surface area contributed by atoms with Gasteiger partial charge in [0.25, 0.3) is 0 Å². The van der Waals surface area contributed by atoms with Crippen LogP contribution in [0.2, 0.25) is 0 Å². The summed E-state index contributed by atoms with van der Waals surface area (Å²) >= 11 is 4.28. The third-order valence-electron chi connectivity index (χ3n) is 4.32. The molecule has 0 fully saturated rings. The van der Waals surface area contributed by atoms with Crippen molar-refractivity contribution in [1.82, 2.24) is 4.31 Å². The molecule has 0 spiro atoms. The molecule has 1 aliphatic rings. The summed E-state index contributed by atoms with van der Waals surface area (Å²) in [4.78, 5) is 14.3. The minimum atomic E-state index is -3.85. The van der Waals surface area contributed by atoms with Crippen LogP contribution in [0.4, 0.5) is 0 Å². The lowest BCUT2D eigenvalue weighted by Crippen LogP contribution is -2.40. The van der Waals surface area contributed by atoms with Crippen molar-refractivity contribution >= 4 is 50.0 Å². The number of esters is 1. The zero-order chi connectivity index (χ0) is 18.3. The van der Waals surface area contributed by atoms with Gasteiger partial charge in [-0.2, -0.15) is 4.31 Å². The molecule has 1 aliphatic heterocycles. The molecule has 3 aromatic rings. The van der Waals surface area contributed by atoms with Crippen LogP contribution in [0.25, 0.3) is 0 Å². The first-order chi connectivity index (χ1) is 12.5.